The summed E-state index contributed by atoms with van der Waals surface area (Å²) in [6, 6.07) is 3.71. The molecule has 100 valence electrons. The maximum absolute atomic E-state index is 11.6. The first-order chi connectivity index (χ1) is 8.57. The fourth-order valence-electron chi connectivity index (χ4n) is 2.13. The molecule has 1 aliphatic carbocycles. The molecule has 6 heteroatoms. The Balaban J connectivity index is 1.69. The van der Waals surface area contributed by atoms with E-state index in [2.05, 4.69) is 26.6 Å². The molecule has 0 unspecified atom stereocenters. The first-order valence-electron chi connectivity index (χ1n) is 6.06. The first kappa shape index (κ1) is 13.8. The molecule has 3 N–H and O–H groups in total. The van der Waals surface area contributed by atoms with Crippen LogP contribution in [0.1, 0.15) is 30.6 Å². The Kier molecular flexibility index (Phi) is 4.64. The minimum Gasteiger partial charge on any atom is -0.388 e. The molecule has 4 nitrogen and oxygen atoms in total. The van der Waals surface area contributed by atoms with Crippen LogP contribution in [0.5, 0.6) is 0 Å². The molecule has 0 radical (unpaired) electrons. The van der Waals surface area contributed by atoms with Crippen molar-refractivity contribution in [2.45, 2.75) is 37.8 Å². The second kappa shape index (κ2) is 6.04. The molecule has 1 saturated carbocycles. The highest BCUT2D eigenvalue weighted by Crippen LogP contribution is 2.28. The van der Waals surface area contributed by atoms with Crippen LogP contribution < -0.4 is 10.6 Å². The summed E-state index contributed by atoms with van der Waals surface area (Å²) in [6.45, 7) is 0.855. The number of urea groups is 1. The number of carbonyl (C=O) groups is 1. The van der Waals surface area contributed by atoms with E-state index in [0.717, 1.165) is 34.3 Å². The van der Waals surface area contributed by atoms with Crippen molar-refractivity contribution in [1.29, 1.82) is 0 Å². The number of rotatable bonds is 4. The summed E-state index contributed by atoms with van der Waals surface area (Å²) < 4.78 is 1.06. The summed E-state index contributed by atoms with van der Waals surface area (Å²) in [7, 11) is 0. The Morgan fingerprint density at radius 1 is 1.39 bits per heavy atom. The minimum absolute atomic E-state index is 0.222. The molecule has 1 heterocycles. The van der Waals surface area contributed by atoms with Gasteiger partial charge < -0.3 is 15.7 Å². The van der Waals surface area contributed by atoms with Gasteiger partial charge in [-0.15, -0.1) is 11.3 Å². The lowest BCUT2D eigenvalue weighted by Crippen LogP contribution is -2.44. The van der Waals surface area contributed by atoms with Crippen molar-refractivity contribution in [3.8, 4) is 0 Å². The van der Waals surface area contributed by atoms with E-state index in [1.54, 1.807) is 11.3 Å². The van der Waals surface area contributed by atoms with E-state index < -0.39 is 5.60 Å². The number of thiophene rings is 1. The second-order valence-corrected chi connectivity index (χ2v) is 7.22. The molecule has 1 aromatic heterocycles. The van der Waals surface area contributed by atoms with Gasteiger partial charge in [0, 0.05) is 11.4 Å². The molecule has 0 aromatic carbocycles. The Labute approximate surface area is 119 Å². The summed E-state index contributed by atoms with van der Waals surface area (Å²) in [5.74, 6) is 0. The third-order valence-electron chi connectivity index (χ3n) is 3.16. The topological polar surface area (TPSA) is 61.4 Å². The summed E-state index contributed by atoms with van der Waals surface area (Å²) in [6.07, 6.45) is 3.66. The van der Waals surface area contributed by atoms with Crippen LogP contribution in [0, 0.1) is 0 Å². The lowest BCUT2D eigenvalue weighted by atomic mass is 10.0. The maximum Gasteiger partial charge on any atom is 0.315 e. The summed E-state index contributed by atoms with van der Waals surface area (Å²) in [4.78, 5) is 12.7. The van der Waals surface area contributed by atoms with Crippen molar-refractivity contribution >= 4 is 33.3 Å². The highest BCUT2D eigenvalue weighted by Gasteiger charge is 2.31. The van der Waals surface area contributed by atoms with Gasteiger partial charge in [0.1, 0.15) is 0 Å². The van der Waals surface area contributed by atoms with Crippen LogP contribution >= 0.6 is 27.3 Å². The van der Waals surface area contributed by atoms with Gasteiger partial charge in [-0.05, 0) is 40.9 Å². The van der Waals surface area contributed by atoms with Gasteiger partial charge in [0.05, 0.1) is 15.9 Å². The average Bonchev–Trinajstić information content (AvgIpc) is 2.94. The number of aliphatic hydroxyl groups is 1. The van der Waals surface area contributed by atoms with Crippen LogP contribution in [0.3, 0.4) is 0 Å². The summed E-state index contributed by atoms with van der Waals surface area (Å²) in [5.41, 5.74) is -0.691. The highest BCUT2D eigenvalue weighted by atomic mass is 79.9. The Bertz CT molecular complexity index is 416. The van der Waals surface area contributed by atoms with Gasteiger partial charge in [-0.2, -0.15) is 0 Å². The van der Waals surface area contributed by atoms with Gasteiger partial charge in [-0.3, -0.25) is 0 Å². The monoisotopic (exact) mass is 332 g/mol. The van der Waals surface area contributed by atoms with Crippen molar-refractivity contribution in [2.75, 3.05) is 6.54 Å². The van der Waals surface area contributed by atoms with E-state index in [1.807, 2.05) is 12.1 Å². The molecule has 0 spiro atoms. The number of halogens is 1. The standard InChI is InChI=1S/C12H17BrN2O2S/c13-10-4-3-9(18-10)7-14-11(16)15-8-12(17)5-1-2-6-12/h3-4,17H,1-2,5-8H2,(H2,14,15,16). The van der Waals surface area contributed by atoms with Crippen LogP contribution in [-0.2, 0) is 6.54 Å². The molecule has 18 heavy (non-hydrogen) atoms. The molecular weight excluding hydrogens is 316 g/mol. The van der Waals surface area contributed by atoms with Crippen molar-refractivity contribution in [2.24, 2.45) is 0 Å². The van der Waals surface area contributed by atoms with E-state index >= 15 is 0 Å². The van der Waals surface area contributed by atoms with Crippen molar-refractivity contribution in [1.82, 2.24) is 10.6 Å². The van der Waals surface area contributed by atoms with E-state index in [0.29, 0.717) is 13.1 Å². The second-order valence-electron chi connectivity index (χ2n) is 4.67. The SMILES string of the molecule is O=C(NCc1ccc(Br)s1)NCC1(O)CCCC1. The van der Waals surface area contributed by atoms with Gasteiger partial charge in [0.15, 0.2) is 0 Å². The van der Waals surface area contributed by atoms with E-state index in [9.17, 15) is 9.90 Å². The van der Waals surface area contributed by atoms with Crippen LogP contribution in [0.4, 0.5) is 4.79 Å². The van der Waals surface area contributed by atoms with Crippen molar-refractivity contribution in [3.05, 3.63) is 20.8 Å². The predicted molar refractivity (Wildman–Crippen MR) is 75.7 cm³/mol. The fourth-order valence-corrected chi connectivity index (χ4v) is 3.55. The zero-order valence-electron chi connectivity index (χ0n) is 10.0. The van der Waals surface area contributed by atoms with Gasteiger partial charge in [0.2, 0.25) is 0 Å². The maximum atomic E-state index is 11.6. The number of amides is 2. The average molecular weight is 333 g/mol. The molecule has 2 amide bonds. The molecule has 1 aliphatic rings. The highest BCUT2D eigenvalue weighted by molar-refractivity contribution is 9.11. The van der Waals surface area contributed by atoms with Crippen LogP contribution in [0.25, 0.3) is 0 Å². The van der Waals surface area contributed by atoms with E-state index in [4.69, 9.17) is 0 Å². The largest absolute Gasteiger partial charge is 0.388 e. The Hall–Kier alpha value is -0.590. The smallest absolute Gasteiger partial charge is 0.315 e. The molecule has 0 atom stereocenters. The zero-order chi connectivity index (χ0) is 13.0. The molecule has 0 bridgehead atoms. The van der Waals surface area contributed by atoms with Crippen molar-refractivity contribution in [3.63, 3.8) is 0 Å². The van der Waals surface area contributed by atoms with Crippen molar-refractivity contribution < 1.29 is 9.90 Å². The summed E-state index contributed by atoms with van der Waals surface area (Å²) in [5, 5.41) is 15.6. The number of nitrogens with one attached hydrogen (secondary N) is 2. The molecule has 1 fully saturated rings. The molecule has 0 aliphatic heterocycles. The van der Waals surface area contributed by atoms with Gasteiger partial charge >= 0.3 is 6.03 Å². The molecule has 2 rings (SSSR count). The van der Waals surface area contributed by atoms with Crippen LogP contribution in [-0.4, -0.2) is 23.3 Å². The number of hydrogen-bond acceptors (Lipinski definition) is 3. The minimum atomic E-state index is -0.691. The fraction of sp³-hybridized carbons (Fsp3) is 0.583. The van der Waals surface area contributed by atoms with Gasteiger partial charge in [0.25, 0.3) is 0 Å². The normalized spacial score (nSPS) is 17.7. The van der Waals surface area contributed by atoms with Gasteiger partial charge in [-0.25, -0.2) is 4.79 Å². The predicted octanol–water partition coefficient (Wildman–Crippen LogP) is 2.61. The molecule has 0 saturated heterocycles. The summed E-state index contributed by atoms with van der Waals surface area (Å²) >= 11 is 4.98. The van der Waals surface area contributed by atoms with Gasteiger partial charge in [-0.1, -0.05) is 12.8 Å². The van der Waals surface area contributed by atoms with E-state index in [-0.39, 0.29) is 6.03 Å². The lowest BCUT2D eigenvalue weighted by Gasteiger charge is -2.22. The number of hydrogen-bond donors (Lipinski definition) is 3. The van der Waals surface area contributed by atoms with Crippen LogP contribution in [0.2, 0.25) is 0 Å². The van der Waals surface area contributed by atoms with Crippen LogP contribution in [0.15, 0.2) is 15.9 Å². The third-order valence-corrected chi connectivity index (χ3v) is 4.79. The Morgan fingerprint density at radius 3 is 2.72 bits per heavy atom. The molecular formula is C12H17BrN2O2S. The lowest BCUT2D eigenvalue weighted by molar-refractivity contribution is 0.0501. The molecule has 1 aromatic rings. The third kappa shape index (κ3) is 3.96. The Morgan fingerprint density at radius 2 is 2.11 bits per heavy atom. The zero-order valence-corrected chi connectivity index (χ0v) is 12.4. The first-order valence-corrected chi connectivity index (χ1v) is 7.67. The van der Waals surface area contributed by atoms with E-state index in [1.165, 1.54) is 0 Å². The number of carbonyl (C=O) groups excluding carboxylic acids is 1. The quantitative estimate of drug-likeness (QED) is 0.793.